The topological polar surface area (TPSA) is 54.3 Å². The molecule has 0 atom stereocenters. The largest absolute Gasteiger partial charge is 0.493 e. The van der Waals surface area contributed by atoms with Gasteiger partial charge in [0.1, 0.15) is 6.61 Å². The second-order valence-corrected chi connectivity index (χ2v) is 3.77. The van der Waals surface area contributed by atoms with E-state index in [0.717, 1.165) is 6.54 Å². The molecule has 0 saturated heterocycles. The van der Waals surface area contributed by atoms with Gasteiger partial charge in [0, 0.05) is 12.1 Å². The fourth-order valence-electron chi connectivity index (χ4n) is 1.34. The molecule has 0 saturated carbocycles. The molecule has 0 heterocycles. The van der Waals surface area contributed by atoms with Gasteiger partial charge in [0.15, 0.2) is 11.5 Å². The Morgan fingerprint density at radius 3 is 2.76 bits per heavy atom. The average Bonchev–Trinajstić information content (AvgIpc) is 2.30. The second-order valence-electron chi connectivity index (χ2n) is 3.77. The molecule has 0 bridgehead atoms. The van der Waals surface area contributed by atoms with E-state index in [0.29, 0.717) is 23.7 Å². The maximum absolute atomic E-state index is 8.59. The Morgan fingerprint density at radius 1 is 1.41 bits per heavy atom. The average molecular weight is 238 g/mol. The minimum Gasteiger partial charge on any atom is -0.493 e. The summed E-state index contributed by atoms with van der Waals surface area (Å²) >= 11 is 0. The molecule has 0 spiro atoms. The van der Waals surface area contributed by atoms with Crippen molar-refractivity contribution < 1.29 is 14.7 Å². The van der Waals surface area contributed by atoms with E-state index in [4.69, 9.17) is 14.7 Å². The highest BCUT2D eigenvalue weighted by Crippen LogP contribution is 2.29. The molecule has 0 aliphatic heterocycles. The van der Waals surface area contributed by atoms with Crippen LogP contribution in [0.4, 0.5) is 0 Å². The molecule has 0 aliphatic rings. The third-order valence-electron chi connectivity index (χ3n) is 2.21. The maximum atomic E-state index is 8.59. The minimum atomic E-state index is 0.541. The van der Waals surface area contributed by atoms with Gasteiger partial charge in [0.2, 0.25) is 0 Å². The summed E-state index contributed by atoms with van der Waals surface area (Å²) in [4.78, 5) is 2.02. The molecule has 0 radical (unpaired) electrons. The molecule has 5 heteroatoms. The molecule has 0 amide bonds. The van der Waals surface area contributed by atoms with Gasteiger partial charge in [0.05, 0.1) is 13.3 Å². The SMILES string of the molecule is COc1cccc(C=NO)c1OCCN(C)C. The lowest BCUT2D eigenvalue weighted by Crippen LogP contribution is -2.20. The van der Waals surface area contributed by atoms with Crippen LogP contribution in [0.25, 0.3) is 0 Å². The summed E-state index contributed by atoms with van der Waals surface area (Å²) < 4.78 is 10.9. The Kier molecular flexibility index (Phi) is 5.29. The molecule has 0 aromatic heterocycles. The number of methoxy groups -OCH3 is 1. The molecule has 1 rings (SSSR count). The van der Waals surface area contributed by atoms with Crippen LogP contribution < -0.4 is 9.47 Å². The van der Waals surface area contributed by atoms with Crippen molar-refractivity contribution in [3.63, 3.8) is 0 Å². The summed E-state index contributed by atoms with van der Waals surface area (Å²) in [6.07, 6.45) is 1.33. The third-order valence-corrected chi connectivity index (χ3v) is 2.21. The highest BCUT2D eigenvalue weighted by molar-refractivity contribution is 5.84. The predicted molar refractivity (Wildman–Crippen MR) is 66.4 cm³/mol. The van der Waals surface area contributed by atoms with Gasteiger partial charge in [-0.25, -0.2) is 0 Å². The van der Waals surface area contributed by atoms with Crippen LogP contribution in [0.3, 0.4) is 0 Å². The molecule has 94 valence electrons. The number of rotatable bonds is 6. The zero-order chi connectivity index (χ0) is 12.7. The van der Waals surface area contributed by atoms with Gasteiger partial charge < -0.3 is 19.6 Å². The van der Waals surface area contributed by atoms with Crippen molar-refractivity contribution in [2.45, 2.75) is 0 Å². The summed E-state index contributed by atoms with van der Waals surface area (Å²) in [6.45, 7) is 1.34. The van der Waals surface area contributed by atoms with Crippen LogP contribution in [0.15, 0.2) is 23.4 Å². The molecule has 1 N–H and O–H groups in total. The number of hydrogen-bond acceptors (Lipinski definition) is 5. The lowest BCUT2D eigenvalue weighted by atomic mass is 10.2. The van der Waals surface area contributed by atoms with E-state index in [1.807, 2.05) is 25.1 Å². The van der Waals surface area contributed by atoms with E-state index in [1.165, 1.54) is 6.21 Å². The second kappa shape index (κ2) is 6.75. The van der Waals surface area contributed by atoms with Gasteiger partial charge >= 0.3 is 0 Å². The number of hydrogen-bond donors (Lipinski definition) is 1. The zero-order valence-corrected chi connectivity index (χ0v) is 10.4. The van der Waals surface area contributed by atoms with Crippen molar-refractivity contribution in [1.29, 1.82) is 0 Å². The minimum absolute atomic E-state index is 0.541. The monoisotopic (exact) mass is 238 g/mol. The summed E-state index contributed by atoms with van der Waals surface area (Å²) in [7, 11) is 5.53. The van der Waals surface area contributed by atoms with Crippen LogP contribution in [0.2, 0.25) is 0 Å². The van der Waals surface area contributed by atoms with E-state index < -0.39 is 0 Å². The number of ether oxygens (including phenoxy) is 2. The lowest BCUT2D eigenvalue weighted by molar-refractivity contribution is 0.250. The molecule has 1 aromatic carbocycles. The molecule has 0 unspecified atom stereocenters. The Hall–Kier alpha value is -1.75. The van der Waals surface area contributed by atoms with E-state index >= 15 is 0 Å². The van der Waals surface area contributed by atoms with Crippen LogP contribution >= 0.6 is 0 Å². The first-order valence-electron chi connectivity index (χ1n) is 5.31. The van der Waals surface area contributed by atoms with Gasteiger partial charge in [-0.3, -0.25) is 0 Å². The Bertz CT molecular complexity index is 378. The first-order valence-corrected chi connectivity index (χ1v) is 5.31. The van der Waals surface area contributed by atoms with Crippen molar-refractivity contribution in [3.8, 4) is 11.5 Å². The Morgan fingerprint density at radius 2 is 2.18 bits per heavy atom. The molecular formula is C12H18N2O3. The van der Waals surface area contributed by atoms with Crippen LogP contribution in [-0.4, -0.2) is 50.7 Å². The van der Waals surface area contributed by atoms with E-state index in [2.05, 4.69) is 5.16 Å². The first-order chi connectivity index (χ1) is 8.19. The third kappa shape index (κ3) is 3.96. The molecule has 0 aliphatic carbocycles. The predicted octanol–water partition coefficient (Wildman–Crippen LogP) is 1.44. The highest BCUT2D eigenvalue weighted by Gasteiger charge is 2.09. The smallest absolute Gasteiger partial charge is 0.170 e. The molecule has 0 fully saturated rings. The zero-order valence-electron chi connectivity index (χ0n) is 10.4. The normalized spacial score (nSPS) is 11.1. The van der Waals surface area contributed by atoms with Gasteiger partial charge in [-0.1, -0.05) is 11.2 Å². The van der Waals surface area contributed by atoms with Gasteiger partial charge in [-0.05, 0) is 26.2 Å². The van der Waals surface area contributed by atoms with E-state index in [-0.39, 0.29) is 0 Å². The van der Waals surface area contributed by atoms with Gasteiger partial charge in [0.25, 0.3) is 0 Å². The quantitative estimate of drug-likeness (QED) is 0.463. The van der Waals surface area contributed by atoms with Crippen LogP contribution in [0.1, 0.15) is 5.56 Å². The highest BCUT2D eigenvalue weighted by atomic mass is 16.5. The number of para-hydroxylation sites is 1. The Balaban J connectivity index is 2.85. The van der Waals surface area contributed by atoms with E-state index in [1.54, 1.807) is 19.2 Å². The van der Waals surface area contributed by atoms with Crippen molar-refractivity contribution in [2.75, 3.05) is 34.4 Å². The fourth-order valence-corrected chi connectivity index (χ4v) is 1.34. The lowest BCUT2D eigenvalue weighted by Gasteiger charge is -2.15. The van der Waals surface area contributed by atoms with Crippen LogP contribution in [0.5, 0.6) is 11.5 Å². The number of nitrogens with zero attached hydrogens (tertiary/aromatic N) is 2. The van der Waals surface area contributed by atoms with Crippen molar-refractivity contribution in [1.82, 2.24) is 4.90 Å². The van der Waals surface area contributed by atoms with Crippen molar-refractivity contribution in [3.05, 3.63) is 23.8 Å². The number of likely N-dealkylation sites (N-methyl/N-ethyl adjacent to an activating group) is 1. The standard InChI is InChI=1S/C12H18N2O3/c1-14(2)7-8-17-12-10(9-13-15)5-4-6-11(12)16-3/h4-6,9,15H,7-8H2,1-3H3. The molecule has 5 nitrogen and oxygen atoms in total. The fraction of sp³-hybridized carbons (Fsp3) is 0.417. The number of benzene rings is 1. The molecule has 17 heavy (non-hydrogen) atoms. The first kappa shape index (κ1) is 13.3. The summed E-state index contributed by atoms with van der Waals surface area (Å²) in [6, 6.07) is 5.42. The van der Waals surface area contributed by atoms with Crippen molar-refractivity contribution >= 4 is 6.21 Å². The summed E-state index contributed by atoms with van der Waals surface area (Å²) in [5.74, 6) is 1.22. The van der Waals surface area contributed by atoms with Crippen molar-refractivity contribution in [2.24, 2.45) is 5.16 Å². The molecular weight excluding hydrogens is 220 g/mol. The summed E-state index contributed by atoms with van der Waals surface area (Å²) in [5, 5.41) is 11.6. The maximum Gasteiger partial charge on any atom is 0.170 e. The van der Waals surface area contributed by atoms with E-state index in [9.17, 15) is 0 Å². The summed E-state index contributed by atoms with van der Waals surface area (Å²) in [5.41, 5.74) is 0.686. The number of oxime groups is 1. The van der Waals surface area contributed by atoms with Crippen LogP contribution in [-0.2, 0) is 0 Å². The molecule has 1 aromatic rings. The van der Waals surface area contributed by atoms with Gasteiger partial charge in [-0.2, -0.15) is 0 Å². The Labute approximate surface area is 101 Å². The van der Waals surface area contributed by atoms with Gasteiger partial charge in [-0.15, -0.1) is 0 Å². The van der Waals surface area contributed by atoms with Crippen LogP contribution in [0, 0.1) is 0 Å².